The Hall–Kier alpha value is -3.02. The van der Waals surface area contributed by atoms with Gasteiger partial charge >= 0.3 is 6.18 Å². The Morgan fingerprint density at radius 2 is 1.56 bits per heavy atom. The van der Waals surface area contributed by atoms with Crippen molar-refractivity contribution in [3.63, 3.8) is 0 Å². The third kappa shape index (κ3) is 6.25. The number of hydrazine groups is 1. The fourth-order valence-electron chi connectivity index (χ4n) is 2.71. The minimum atomic E-state index is -4.48. The third-order valence-corrected chi connectivity index (χ3v) is 6.27. The van der Waals surface area contributed by atoms with Crippen LogP contribution in [0.15, 0.2) is 84.0 Å². The first-order chi connectivity index (χ1) is 15.2. The van der Waals surface area contributed by atoms with Crippen molar-refractivity contribution in [2.24, 2.45) is 0 Å². The summed E-state index contributed by atoms with van der Waals surface area (Å²) in [6.07, 6.45) is -1.25. The van der Waals surface area contributed by atoms with Crippen LogP contribution in [0.3, 0.4) is 0 Å². The second-order valence-electron chi connectivity index (χ2n) is 6.67. The zero-order valence-electron chi connectivity index (χ0n) is 16.6. The summed E-state index contributed by atoms with van der Waals surface area (Å²) in [5.74, 6) is 0. The molecule has 0 aliphatic carbocycles. The molecule has 11 heteroatoms. The zero-order chi connectivity index (χ0) is 23.2. The lowest BCUT2D eigenvalue weighted by molar-refractivity contribution is -0.137. The van der Waals surface area contributed by atoms with Crippen molar-refractivity contribution in [1.82, 2.24) is 20.1 Å². The van der Waals surface area contributed by atoms with E-state index in [4.69, 9.17) is 12.2 Å². The van der Waals surface area contributed by atoms with Gasteiger partial charge in [-0.25, -0.2) is 8.42 Å². The van der Waals surface area contributed by atoms with Crippen molar-refractivity contribution < 1.29 is 21.6 Å². The third-order valence-electron chi connectivity index (χ3n) is 4.37. The number of hydrogen-bond donors (Lipinski definition) is 2. The molecule has 0 amide bonds. The van der Waals surface area contributed by atoms with E-state index in [9.17, 15) is 21.6 Å². The first-order valence-corrected chi connectivity index (χ1v) is 11.2. The summed E-state index contributed by atoms with van der Waals surface area (Å²) in [4.78, 5) is 3.93. The van der Waals surface area contributed by atoms with Crippen LogP contribution >= 0.6 is 12.2 Å². The summed E-state index contributed by atoms with van der Waals surface area (Å²) in [6, 6.07) is 15.5. The maximum Gasteiger partial charge on any atom is 0.416 e. The summed E-state index contributed by atoms with van der Waals surface area (Å²) >= 11 is 5.24. The highest BCUT2D eigenvalue weighted by molar-refractivity contribution is 7.89. The molecule has 0 unspecified atom stereocenters. The topological polar surface area (TPSA) is 74.3 Å². The molecule has 3 rings (SSSR count). The Morgan fingerprint density at radius 3 is 2.16 bits per heavy atom. The summed E-state index contributed by atoms with van der Waals surface area (Å²) < 4.78 is 65.7. The number of pyridine rings is 1. The van der Waals surface area contributed by atoms with Gasteiger partial charge in [0.25, 0.3) is 10.0 Å². The maximum atomic E-state index is 13.2. The lowest BCUT2D eigenvalue weighted by Crippen LogP contribution is -2.49. The van der Waals surface area contributed by atoms with Crippen molar-refractivity contribution in [1.29, 1.82) is 0 Å². The van der Waals surface area contributed by atoms with Crippen LogP contribution in [0.25, 0.3) is 0 Å². The number of thiocarbonyl (C=S) groups is 1. The molecule has 0 atom stereocenters. The zero-order valence-corrected chi connectivity index (χ0v) is 18.2. The number of aromatic nitrogens is 1. The highest BCUT2D eigenvalue weighted by atomic mass is 32.2. The smallest absolute Gasteiger partial charge is 0.358 e. The predicted octanol–water partition coefficient (Wildman–Crippen LogP) is 3.87. The normalized spacial score (nSPS) is 11.9. The van der Waals surface area contributed by atoms with E-state index >= 15 is 0 Å². The largest absolute Gasteiger partial charge is 0.416 e. The van der Waals surface area contributed by atoms with Crippen LogP contribution < -0.4 is 10.7 Å². The lowest BCUT2D eigenvalue weighted by atomic mass is 10.1. The molecule has 2 N–H and O–H groups in total. The number of rotatable bonds is 7. The molecule has 0 radical (unpaired) electrons. The Bertz CT molecular complexity index is 1140. The van der Waals surface area contributed by atoms with Crippen molar-refractivity contribution in [3.05, 3.63) is 95.8 Å². The van der Waals surface area contributed by atoms with Gasteiger partial charge in [0.15, 0.2) is 5.11 Å². The van der Waals surface area contributed by atoms with Gasteiger partial charge in [-0.05, 0) is 59.7 Å². The minimum absolute atomic E-state index is 0.0105. The van der Waals surface area contributed by atoms with E-state index in [0.717, 1.165) is 22.1 Å². The van der Waals surface area contributed by atoms with E-state index in [1.54, 1.807) is 42.7 Å². The average molecular weight is 481 g/mol. The fraction of sp³-hybridized carbons (Fsp3) is 0.143. The van der Waals surface area contributed by atoms with Gasteiger partial charge in [0, 0.05) is 18.9 Å². The molecule has 32 heavy (non-hydrogen) atoms. The van der Waals surface area contributed by atoms with Crippen LogP contribution in [-0.4, -0.2) is 22.9 Å². The molecule has 2 aromatic carbocycles. The van der Waals surface area contributed by atoms with Gasteiger partial charge in [-0.15, -0.1) is 4.41 Å². The SMILES string of the molecule is O=S(=O)(c1ccccc1)N(Cc1ccc(C(F)(F)F)cc1)NC(=S)NCc1ccncc1. The number of hydrogen-bond acceptors (Lipinski definition) is 4. The van der Waals surface area contributed by atoms with Crippen molar-refractivity contribution >= 4 is 27.4 Å². The van der Waals surface area contributed by atoms with Gasteiger partial charge in [0.2, 0.25) is 0 Å². The van der Waals surface area contributed by atoms with Gasteiger partial charge in [0.05, 0.1) is 17.0 Å². The summed E-state index contributed by atoms with van der Waals surface area (Å²) in [5, 5.41) is 2.94. The van der Waals surface area contributed by atoms with E-state index in [2.05, 4.69) is 15.7 Å². The van der Waals surface area contributed by atoms with Crippen LogP contribution in [0.2, 0.25) is 0 Å². The molecular weight excluding hydrogens is 461 g/mol. The van der Waals surface area contributed by atoms with Gasteiger partial charge in [-0.2, -0.15) is 13.2 Å². The number of sulfonamides is 1. The van der Waals surface area contributed by atoms with E-state index < -0.39 is 21.8 Å². The second kappa shape index (κ2) is 10.1. The summed E-state index contributed by atoms with van der Waals surface area (Å²) in [6.45, 7) is 0.0836. The Balaban J connectivity index is 1.80. The van der Waals surface area contributed by atoms with Crippen LogP contribution in [0.5, 0.6) is 0 Å². The maximum absolute atomic E-state index is 13.2. The molecule has 3 aromatic rings. The molecule has 1 aromatic heterocycles. The molecular formula is C21H19F3N4O2S2. The van der Waals surface area contributed by atoms with E-state index in [-0.39, 0.29) is 16.6 Å². The molecule has 6 nitrogen and oxygen atoms in total. The first kappa shape index (κ1) is 23.6. The molecule has 0 saturated carbocycles. The molecule has 0 aliphatic rings. The Morgan fingerprint density at radius 1 is 0.938 bits per heavy atom. The van der Waals surface area contributed by atoms with Gasteiger partial charge in [-0.3, -0.25) is 10.4 Å². The standard InChI is InChI=1S/C21H19F3N4O2S2/c22-21(23,24)18-8-6-17(7-9-18)15-28(32(29,30)19-4-2-1-3-5-19)27-20(31)26-14-16-10-12-25-13-11-16/h1-13H,14-15H2,(H2,26,27,31). The number of halogens is 3. The monoisotopic (exact) mass is 480 g/mol. The molecule has 0 bridgehead atoms. The van der Waals surface area contributed by atoms with Gasteiger partial charge < -0.3 is 5.32 Å². The van der Waals surface area contributed by atoms with Crippen molar-refractivity contribution in [3.8, 4) is 0 Å². The van der Waals surface area contributed by atoms with E-state index in [1.807, 2.05) is 0 Å². The highest BCUT2D eigenvalue weighted by Crippen LogP contribution is 2.29. The van der Waals surface area contributed by atoms with Crippen molar-refractivity contribution in [2.45, 2.75) is 24.2 Å². The van der Waals surface area contributed by atoms with Crippen LogP contribution in [-0.2, 0) is 29.3 Å². The quantitative estimate of drug-likeness (QED) is 0.395. The predicted molar refractivity (Wildman–Crippen MR) is 117 cm³/mol. The van der Waals surface area contributed by atoms with Crippen molar-refractivity contribution in [2.75, 3.05) is 0 Å². The number of nitrogens with one attached hydrogen (secondary N) is 2. The molecule has 168 valence electrons. The Labute approximate surface area is 189 Å². The average Bonchev–Trinajstić information content (AvgIpc) is 2.78. The van der Waals surface area contributed by atoms with Crippen LogP contribution in [0.1, 0.15) is 16.7 Å². The molecule has 0 aliphatic heterocycles. The van der Waals surface area contributed by atoms with Gasteiger partial charge in [-0.1, -0.05) is 30.3 Å². The summed E-state index contributed by atoms with van der Waals surface area (Å²) in [5.41, 5.74) is 3.06. The lowest BCUT2D eigenvalue weighted by Gasteiger charge is -2.25. The first-order valence-electron chi connectivity index (χ1n) is 9.33. The highest BCUT2D eigenvalue weighted by Gasteiger charge is 2.30. The molecule has 0 saturated heterocycles. The second-order valence-corrected chi connectivity index (χ2v) is 8.94. The molecule has 0 fully saturated rings. The number of nitrogens with zero attached hydrogens (tertiary/aromatic N) is 2. The van der Waals surface area contributed by atoms with Crippen LogP contribution in [0.4, 0.5) is 13.2 Å². The van der Waals surface area contributed by atoms with Gasteiger partial charge in [0.1, 0.15) is 0 Å². The number of benzene rings is 2. The minimum Gasteiger partial charge on any atom is -0.358 e. The van der Waals surface area contributed by atoms with Crippen LogP contribution in [0, 0.1) is 0 Å². The van der Waals surface area contributed by atoms with E-state index in [1.165, 1.54) is 24.3 Å². The fourth-order valence-corrected chi connectivity index (χ4v) is 4.23. The Kier molecular flexibility index (Phi) is 7.44. The number of alkyl halides is 3. The molecule has 0 spiro atoms. The molecule has 1 heterocycles. The summed E-state index contributed by atoms with van der Waals surface area (Å²) in [7, 11) is -4.05. The van der Waals surface area contributed by atoms with E-state index in [0.29, 0.717) is 12.1 Å².